The third kappa shape index (κ3) is 2.15. The molecule has 0 radical (unpaired) electrons. The van der Waals surface area contributed by atoms with Crippen LogP contribution in [0.3, 0.4) is 0 Å². The summed E-state index contributed by atoms with van der Waals surface area (Å²) in [5, 5.41) is 1.46. The van der Waals surface area contributed by atoms with Gasteiger partial charge in [0.05, 0.1) is 11.4 Å². The van der Waals surface area contributed by atoms with Gasteiger partial charge in [-0.1, -0.05) is 22.0 Å². The molecule has 4 N–H and O–H groups in total. The Bertz CT molecular complexity index is 501. The van der Waals surface area contributed by atoms with Crippen molar-refractivity contribution in [2.24, 2.45) is 5.84 Å². The predicted molar refractivity (Wildman–Crippen MR) is 69.1 cm³/mol. The molecule has 0 fully saturated rings. The second-order valence-electron chi connectivity index (χ2n) is 3.27. The average Bonchev–Trinajstić information content (AvgIpc) is 2.29. The molecule has 0 amide bonds. The van der Waals surface area contributed by atoms with Gasteiger partial charge in [-0.05, 0) is 30.3 Å². The lowest BCUT2D eigenvalue weighted by atomic mass is 10.3. The molecule has 0 atom stereocenters. The van der Waals surface area contributed by atoms with Crippen LogP contribution in [0, 0.1) is 0 Å². The highest BCUT2D eigenvalue weighted by Gasteiger charge is 2.08. The number of aromatic nitrogens is 1. The zero-order valence-electron chi connectivity index (χ0n) is 8.47. The van der Waals surface area contributed by atoms with Crippen molar-refractivity contribution in [3.63, 3.8) is 0 Å². The molecule has 0 bridgehead atoms. The number of anilines is 3. The summed E-state index contributed by atoms with van der Waals surface area (Å²) in [5.74, 6) is 6.50. The lowest BCUT2D eigenvalue weighted by Gasteiger charge is -2.19. The van der Waals surface area contributed by atoms with E-state index in [9.17, 15) is 0 Å². The van der Waals surface area contributed by atoms with Crippen molar-refractivity contribution in [3.05, 3.63) is 47.1 Å². The SMILES string of the molecule is Nc1cccnc1N(N)c1cccc(Br)c1. The van der Waals surface area contributed by atoms with Gasteiger partial charge in [-0.25, -0.2) is 10.8 Å². The quantitative estimate of drug-likeness (QED) is 0.654. The highest BCUT2D eigenvalue weighted by atomic mass is 79.9. The van der Waals surface area contributed by atoms with Gasteiger partial charge < -0.3 is 5.73 Å². The maximum Gasteiger partial charge on any atom is 0.170 e. The largest absolute Gasteiger partial charge is 0.396 e. The van der Waals surface area contributed by atoms with Gasteiger partial charge in [0.2, 0.25) is 0 Å². The minimum Gasteiger partial charge on any atom is -0.396 e. The fraction of sp³-hybridized carbons (Fsp3) is 0. The summed E-state index contributed by atoms with van der Waals surface area (Å²) in [6.07, 6.45) is 1.66. The maximum atomic E-state index is 5.96. The van der Waals surface area contributed by atoms with Crippen LogP contribution in [0.2, 0.25) is 0 Å². The molecule has 1 aromatic carbocycles. The number of benzene rings is 1. The zero-order chi connectivity index (χ0) is 11.5. The molecule has 0 spiro atoms. The zero-order valence-corrected chi connectivity index (χ0v) is 10.1. The van der Waals surface area contributed by atoms with Crippen LogP contribution in [0.1, 0.15) is 0 Å². The Balaban J connectivity index is 2.39. The third-order valence-electron chi connectivity index (χ3n) is 2.13. The molecule has 16 heavy (non-hydrogen) atoms. The Morgan fingerprint density at radius 2 is 2.00 bits per heavy atom. The number of nitrogens with two attached hydrogens (primary N) is 2. The first-order chi connectivity index (χ1) is 7.68. The van der Waals surface area contributed by atoms with Gasteiger partial charge in [-0.3, -0.25) is 5.01 Å². The van der Waals surface area contributed by atoms with Gasteiger partial charge in [-0.2, -0.15) is 0 Å². The monoisotopic (exact) mass is 278 g/mol. The van der Waals surface area contributed by atoms with Crippen LogP contribution >= 0.6 is 15.9 Å². The van der Waals surface area contributed by atoms with E-state index >= 15 is 0 Å². The van der Waals surface area contributed by atoms with Crippen LogP contribution in [0.4, 0.5) is 17.2 Å². The number of hydrogen-bond acceptors (Lipinski definition) is 4. The summed E-state index contributed by atoms with van der Waals surface area (Å²) in [7, 11) is 0. The molecular weight excluding hydrogens is 268 g/mol. The summed E-state index contributed by atoms with van der Waals surface area (Å²) in [5.41, 5.74) is 7.17. The molecule has 0 aliphatic carbocycles. The Labute approximate surface area is 102 Å². The van der Waals surface area contributed by atoms with Gasteiger partial charge in [0, 0.05) is 10.7 Å². The average molecular weight is 279 g/mol. The molecule has 0 saturated carbocycles. The van der Waals surface area contributed by atoms with E-state index in [0.29, 0.717) is 11.5 Å². The van der Waals surface area contributed by atoms with Gasteiger partial charge in [0.1, 0.15) is 0 Å². The molecule has 0 saturated heterocycles. The number of hydrazine groups is 1. The van der Waals surface area contributed by atoms with Crippen LogP contribution < -0.4 is 16.6 Å². The number of nitrogen functional groups attached to an aromatic ring is 1. The molecular formula is C11H11BrN4. The van der Waals surface area contributed by atoms with Gasteiger partial charge >= 0.3 is 0 Å². The molecule has 0 aliphatic rings. The summed E-state index contributed by atoms with van der Waals surface area (Å²) in [4.78, 5) is 4.14. The smallest absolute Gasteiger partial charge is 0.170 e. The second kappa shape index (κ2) is 4.51. The minimum absolute atomic E-state index is 0.542. The van der Waals surface area contributed by atoms with Crippen LogP contribution in [0.25, 0.3) is 0 Å². The normalized spacial score (nSPS) is 10.1. The first kappa shape index (κ1) is 10.9. The number of hydrogen-bond donors (Lipinski definition) is 2. The van der Waals surface area contributed by atoms with Gasteiger partial charge in [0.25, 0.3) is 0 Å². The van der Waals surface area contributed by atoms with Crippen molar-refractivity contribution in [2.75, 3.05) is 10.7 Å². The van der Waals surface area contributed by atoms with E-state index in [-0.39, 0.29) is 0 Å². The minimum atomic E-state index is 0.542. The number of rotatable bonds is 2. The standard InChI is InChI=1S/C11H11BrN4/c12-8-3-1-4-9(7-8)16(14)11-10(13)5-2-6-15-11/h1-7H,13-14H2. The first-order valence-electron chi connectivity index (χ1n) is 4.69. The fourth-order valence-corrected chi connectivity index (χ4v) is 1.75. The summed E-state index contributed by atoms with van der Waals surface area (Å²) >= 11 is 3.39. The number of halogens is 1. The second-order valence-corrected chi connectivity index (χ2v) is 4.18. The van der Waals surface area contributed by atoms with Crippen LogP contribution in [0.5, 0.6) is 0 Å². The van der Waals surface area contributed by atoms with E-state index in [2.05, 4.69) is 20.9 Å². The Morgan fingerprint density at radius 1 is 1.19 bits per heavy atom. The van der Waals surface area contributed by atoms with E-state index in [4.69, 9.17) is 11.6 Å². The van der Waals surface area contributed by atoms with Crippen LogP contribution in [-0.2, 0) is 0 Å². The Morgan fingerprint density at radius 3 is 2.69 bits per heavy atom. The molecule has 5 heteroatoms. The maximum absolute atomic E-state index is 5.96. The molecule has 2 rings (SSSR count). The van der Waals surface area contributed by atoms with Crippen LogP contribution in [-0.4, -0.2) is 4.98 Å². The van der Waals surface area contributed by atoms with Gasteiger partial charge in [-0.15, -0.1) is 0 Å². The van der Waals surface area contributed by atoms with Crippen molar-refractivity contribution in [1.29, 1.82) is 0 Å². The highest BCUT2D eigenvalue weighted by molar-refractivity contribution is 9.10. The van der Waals surface area contributed by atoms with E-state index < -0.39 is 0 Å². The van der Waals surface area contributed by atoms with Crippen molar-refractivity contribution < 1.29 is 0 Å². The summed E-state index contributed by atoms with van der Waals surface area (Å²) < 4.78 is 0.954. The first-order valence-corrected chi connectivity index (χ1v) is 5.48. The highest BCUT2D eigenvalue weighted by Crippen LogP contribution is 2.26. The molecule has 82 valence electrons. The molecule has 0 unspecified atom stereocenters. The lowest BCUT2D eigenvalue weighted by Crippen LogP contribution is -2.26. The van der Waals surface area contributed by atoms with E-state index in [0.717, 1.165) is 10.2 Å². The Hall–Kier alpha value is -1.59. The summed E-state index contributed by atoms with van der Waals surface area (Å²) in [6.45, 7) is 0. The molecule has 4 nitrogen and oxygen atoms in total. The summed E-state index contributed by atoms with van der Waals surface area (Å²) in [6, 6.07) is 11.2. The molecule has 1 aromatic heterocycles. The van der Waals surface area contributed by atoms with Crippen molar-refractivity contribution in [1.82, 2.24) is 4.98 Å². The molecule has 0 aliphatic heterocycles. The van der Waals surface area contributed by atoms with Crippen LogP contribution in [0.15, 0.2) is 47.1 Å². The topological polar surface area (TPSA) is 68.2 Å². The molecule has 2 aromatic rings. The third-order valence-corrected chi connectivity index (χ3v) is 2.62. The van der Waals surface area contributed by atoms with Crippen molar-refractivity contribution in [3.8, 4) is 0 Å². The van der Waals surface area contributed by atoms with E-state index in [1.54, 1.807) is 18.3 Å². The van der Waals surface area contributed by atoms with E-state index in [1.807, 2.05) is 24.3 Å². The number of pyridine rings is 1. The van der Waals surface area contributed by atoms with Crippen molar-refractivity contribution >= 4 is 33.1 Å². The van der Waals surface area contributed by atoms with E-state index in [1.165, 1.54) is 5.01 Å². The fourth-order valence-electron chi connectivity index (χ4n) is 1.36. The van der Waals surface area contributed by atoms with Crippen molar-refractivity contribution in [2.45, 2.75) is 0 Å². The predicted octanol–water partition coefficient (Wildman–Crippen LogP) is 2.44. The molecule has 1 heterocycles. The lowest BCUT2D eigenvalue weighted by molar-refractivity contribution is 1.04. The number of nitrogens with zero attached hydrogens (tertiary/aromatic N) is 2. The van der Waals surface area contributed by atoms with Gasteiger partial charge in [0.15, 0.2) is 5.82 Å². The Kier molecular flexibility index (Phi) is 3.07.